The number of benzene rings is 2. The molecule has 0 saturated carbocycles. The minimum absolute atomic E-state index is 0.0617. The van der Waals surface area contributed by atoms with Gasteiger partial charge in [-0.05, 0) is 56.2 Å². The first-order valence-corrected chi connectivity index (χ1v) is 9.57. The highest BCUT2D eigenvalue weighted by Crippen LogP contribution is 2.34. The van der Waals surface area contributed by atoms with Gasteiger partial charge in [-0.25, -0.2) is 0 Å². The Labute approximate surface area is 163 Å². The number of fused-ring (bicyclic) bond motifs is 1. The molecular weight excluding hydrogens is 358 g/mol. The van der Waals surface area contributed by atoms with Crippen molar-refractivity contribution in [3.8, 4) is 17.2 Å². The summed E-state index contributed by atoms with van der Waals surface area (Å²) in [6.45, 7) is 2.86. The molecule has 2 aliphatic rings. The zero-order valence-corrected chi connectivity index (χ0v) is 15.7. The minimum atomic E-state index is -0.681. The van der Waals surface area contributed by atoms with Crippen LogP contribution < -0.4 is 9.47 Å². The average Bonchev–Trinajstić information content (AvgIpc) is 2.73. The monoisotopic (exact) mass is 381 g/mol. The molecule has 1 saturated heterocycles. The van der Waals surface area contributed by atoms with Gasteiger partial charge in [-0.15, -0.1) is 0 Å². The second kappa shape index (κ2) is 7.54. The third kappa shape index (κ3) is 3.54. The summed E-state index contributed by atoms with van der Waals surface area (Å²) < 4.78 is 11.7. The number of phenols is 1. The van der Waals surface area contributed by atoms with Gasteiger partial charge in [0.1, 0.15) is 11.9 Å². The van der Waals surface area contributed by atoms with E-state index in [0.29, 0.717) is 43.0 Å². The summed E-state index contributed by atoms with van der Waals surface area (Å²) in [5, 5.41) is 9.37. The molecule has 6 nitrogen and oxygen atoms in total. The Morgan fingerprint density at radius 3 is 2.21 bits per heavy atom. The summed E-state index contributed by atoms with van der Waals surface area (Å²) in [6.07, 6.45) is 0.173. The van der Waals surface area contributed by atoms with E-state index in [9.17, 15) is 14.7 Å². The van der Waals surface area contributed by atoms with Crippen molar-refractivity contribution < 1.29 is 24.2 Å². The van der Waals surface area contributed by atoms with Crippen molar-refractivity contribution in [3.63, 3.8) is 0 Å². The lowest BCUT2D eigenvalue weighted by molar-refractivity contribution is -0.145. The lowest BCUT2D eigenvalue weighted by Crippen LogP contribution is -2.52. The quantitative estimate of drug-likeness (QED) is 0.827. The van der Waals surface area contributed by atoms with Crippen LogP contribution in [0.5, 0.6) is 17.2 Å². The number of nitrogens with zero attached hydrogens (tertiary/aromatic N) is 1. The van der Waals surface area contributed by atoms with Crippen LogP contribution in [0.3, 0.4) is 0 Å². The fourth-order valence-corrected chi connectivity index (χ4v) is 3.79. The third-order valence-electron chi connectivity index (χ3n) is 5.41. The van der Waals surface area contributed by atoms with E-state index in [1.807, 2.05) is 25.1 Å². The molecule has 2 atom stereocenters. The number of ketones is 1. The van der Waals surface area contributed by atoms with Crippen LogP contribution in [0, 0.1) is 5.92 Å². The maximum atomic E-state index is 13.0. The van der Waals surface area contributed by atoms with E-state index < -0.39 is 6.10 Å². The zero-order valence-electron chi connectivity index (χ0n) is 15.7. The predicted octanol–water partition coefficient (Wildman–Crippen LogP) is 3.04. The predicted molar refractivity (Wildman–Crippen MR) is 103 cm³/mol. The number of hydrogen-bond acceptors (Lipinski definition) is 5. The van der Waals surface area contributed by atoms with E-state index in [-0.39, 0.29) is 29.5 Å². The van der Waals surface area contributed by atoms with Gasteiger partial charge in [0.05, 0.1) is 0 Å². The van der Waals surface area contributed by atoms with E-state index in [4.69, 9.17) is 9.47 Å². The van der Waals surface area contributed by atoms with Crippen molar-refractivity contribution in [2.24, 2.45) is 5.92 Å². The van der Waals surface area contributed by atoms with Crippen LogP contribution >= 0.6 is 0 Å². The van der Waals surface area contributed by atoms with E-state index in [0.717, 1.165) is 0 Å². The van der Waals surface area contributed by atoms with Gasteiger partial charge in [-0.2, -0.15) is 0 Å². The number of carbonyl (C=O) groups is 2. The number of amides is 1. The minimum Gasteiger partial charge on any atom is -0.508 e. The van der Waals surface area contributed by atoms with Crippen LogP contribution in [0.1, 0.15) is 30.1 Å². The third-order valence-corrected chi connectivity index (χ3v) is 5.41. The lowest BCUT2D eigenvalue weighted by atomic mass is 9.88. The second-order valence-electron chi connectivity index (χ2n) is 7.32. The van der Waals surface area contributed by atoms with Crippen molar-refractivity contribution in [1.29, 1.82) is 0 Å². The number of ether oxygens (including phenoxy) is 2. The normalized spacial score (nSPS) is 22.0. The van der Waals surface area contributed by atoms with Crippen LogP contribution in [0.25, 0.3) is 0 Å². The number of carbonyl (C=O) groups excluding carboxylic acids is 2. The number of rotatable bonds is 3. The second-order valence-corrected chi connectivity index (χ2v) is 7.32. The Morgan fingerprint density at radius 2 is 1.57 bits per heavy atom. The summed E-state index contributed by atoms with van der Waals surface area (Å²) >= 11 is 0. The molecule has 4 rings (SSSR count). The zero-order chi connectivity index (χ0) is 19.7. The smallest absolute Gasteiger partial charge is 0.267 e. The molecule has 0 aliphatic carbocycles. The summed E-state index contributed by atoms with van der Waals surface area (Å²) in [7, 11) is 0. The Hall–Kier alpha value is -3.02. The molecule has 0 bridgehead atoms. The molecule has 1 fully saturated rings. The molecule has 2 aliphatic heterocycles. The molecule has 1 N–H and O–H groups in total. The molecule has 1 amide bonds. The Bertz CT molecular complexity index is 871. The van der Waals surface area contributed by atoms with Crippen LogP contribution in [0.15, 0.2) is 48.5 Å². The number of para-hydroxylation sites is 2. The largest absolute Gasteiger partial charge is 0.508 e. The molecule has 0 aromatic heterocycles. The molecule has 146 valence electrons. The van der Waals surface area contributed by atoms with Gasteiger partial charge in [0.15, 0.2) is 17.3 Å². The fraction of sp³-hybridized carbons (Fsp3) is 0.364. The van der Waals surface area contributed by atoms with Gasteiger partial charge in [-0.3, -0.25) is 9.59 Å². The SMILES string of the molecule is CC1Oc2ccccc2OC1C(=O)N1CCC(C(=O)c2ccc(O)cc2)CC1. The molecule has 2 aromatic rings. The Morgan fingerprint density at radius 1 is 0.964 bits per heavy atom. The Balaban J connectivity index is 1.38. The summed E-state index contributed by atoms with van der Waals surface area (Å²) in [4.78, 5) is 27.4. The first-order chi connectivity index (χ1) is 13.5. The van der Waals surface area contributed by atoms with Gasteiger partial charge in [0.25, 0.3) is 5.91 Å². The summed E-state index contributed by atoms with van der Waals surface area (Å²) in [5.41, 5.74) is 0.594. The topological polar surface area (TPSA) is 76.1 Å². The van der Waals surface area contributed by atoms with Crippen LogP contribution in [0.4, 0.5) is 0 Å². The first kappa shape index (κ1) is 18.3. The molecular formula is C22H23NO5. The Kier molecular flexibility index (Phi) is 4.94. The fourth-order valence-electron chi connectivity index (χ4n) is 3.79. The van der Waals surface area contributed by atoms with Gasteiger partial charge in [-0.1, -0.05) is 12.1 Å². The molecule has 0 radical (unpaired) electrons. The summed E-state index contributed by atoms with van der Waals surface area (Å²) in [5.74, 6) is 1.22. The van der Waals surface area contributed by atoms with E-state index >= 15 is 0 Å². The number of hydrogen-bond donors (Lipinski definition) is 1. The number of likely N-dealkylation sites (tertiary alicyclic amines) is 1. The highest BCUT2D eigenvalue weighted by atomic mass is 16.6. The highest BCUT2D eigenvalue weighted by Gasteiger charge is 2.38. The number of aromatic hydroxyl groups is 1. The molecule has 2 heterocycles. The maximum Gasteiger partial charge on any atom is 0.267 e. The lowest BCUT2D eigenvalue weighted by Gasteiger charge is -2.37. The standard InChI is InChI=1S/C22H23NO5/c1-14-21(28-19-5-3-2-4-18(19)27-14)22(26)23-12-10-16(11-13-23)20(25)15-6-8-17(24)9-7-15/h2-9,14,16,21,24H,10-13H2,1H3. The number of Topliss-reactive ketones (excluding diaryl/α,β-unsaturated/α-hetero) is 1. The van der Waals surface area contributed by atoms with Gasteiger partial charge in [0.2, 0.25) is 6.10 Å². The van der Waals surface area contributed by atoms with E-state index in [1.54, 1.807) is 23.1 Å². The molecule has 0 spiro atoms. The van der Waals surface area contributed by atoms with Crippen molar-refractivity contribution in [1.82, 2.24) is 4.90 Å². The van der Waals surface area contributed by atoms with Gasteiger partial charge < -0.3 is 19.5 Å². The molecule has 2 unspecified atom stereocenters. The number of piperidine rings is 1. The number of phenolic OH excluding ortho intramolecular Hbond substituents is 1. The first-order valence-electron chi connectivity index (χ1n) is 9.57. The van der Waals surface area contributed by atoms with Gasteiger partial charge in [0, 0.05) is 24.6 Å². The van der Waals surface area contributed by atoms with Crippen LogP contribution in [-0.4, -0.2) is 47.0 Å². The van der Waals surface area contributed by atoms with Gasteiger partial charge >= 0.3 is 0 Å². The van der Waals surface area contributed by atoms with Crippen LogP contribution in [-0.2, 0) is 4.79 Å². The molecule has 2 aromatic carbocycles. The van der Waals surface area contributed by atoms with Crippen molar-refractivity contribution in [2.45, 2.75) is 32.0 Å². The average molecular weight is 381 g/mol. The van der Waals surface area contributed by atoms with E-state index in [2.05, 4.69) is 0 Å². The maximum absolute atomic E-state index is 13.0. The van der Waals surface area contributed by atoms with Crippen molar-refractivity contribution in [2.75, 3.05) is 13.1 Å². The molecule has 6 heteroatoms. The molecule has 28 heavy (non-hydrogen) atoms. The van der Waals surface area contributed by atoms with Crippen molar-refractivity contribution in [3.05, 3.63) is 54.1 Å². The van der Waals surface area contributed by atoms with Crippen LogP contribution in [0.2, 0.25) is 0 Å². The van der Waals surface area contributed by atoms with Crippen molar-refractivity contribution >= 4 is 11.7 Å². The van der Waals surface area contributed by atoms with E-state index in [1.165, 1.54) is 12.1 Å². The summed E-state index contributed by atoms with van der Waals surface area (Å²) in [6, 6.07) is 13.7. The highest BCUT2D eigenvalue weighted by molar-refractivity contribution is 5.98.